The predicted octanol–water partition coefficient (Wildman–Crippen LogP) is 2.80. The van der Waals surface area contributed by atoms with Crippen LogP contribution >= 0.6 is 22.9 Å². The molecular weight excluding hydrogens is 318 g/mol. The van der Waals surface area contributed by atoms with Crippen molar-refractivity contribution in [2.24, 2.45) is 0 Å². The lowest BCUT2D eigenvalue weighted by atomic mass is 10.0. The summed E-state index contributed by atoms with van der Waals surface area (Å²) in [7, 11) is -3.59. The Bertz CT molecular complexity index is 653. The molecule has 0 radical (unpaired) electrons. The monoisotopic (exact) mass is 331 g/mol. The fourth-order valence-electron chi connectivity index (χ4n) is 1.73. The lowest BCUT2D eigenvalue weighted by Crippen LogP contribution is -2.36. The van der Waals surface area contributed by atoms with Crippen LogP contribution in [0, 0.1) is 0 Å². The summed E-state index contributed by atoms with van der Waals surface area (Å²) in [5.41, 5.74) is 0.607. The number of rotatable bonds is 5. The molecule has 0 spiro atoms. The topological polar surface area (TPSA) is 66.4 Å². The summed E-state index contributed by atoms with van der Waals surface area (Å²) in [5, 5.41) is 12.4. The number of aliphatic hydroxyl groups excluding tert-OH is 1. The Morgan fingerprint density at radius 2 is 1.90 bits per heavy atom. The molecule has 0 amide bonds. The van der Waals surface area contributed by atoms with Crippen molar-refractivity contribution < 1.29 is 13.5 Å². The zero-order chi connectivity index (χ0) is 14.8. The molecular formula is C13H14ClNO3S2. The first kappa shape index (κ1) is 15.5. The number of sulfonamides is 1. The lowest BCUT2D eigenvalue weighted by molar-refractivity contribution is 0.146. The molecule has 4 nitrogen and oxygen atoms in total. The summed E-state index contributed by atoms with van der Waals surface area (Å²) in [6, 6.07) is 9.18. The molecule has 0 saturated carbocycles. The molecule has 20 heavy (non-hydrogen) atoms. The van der Waals surface area contributed by atoms with E-state index in [1.165, 1.54) is 6.07 Å². The lowest BCUT2D eigenvalue weighted by Gasteiger charge is -2.20. The molecule has 0 aliphatic rings. The smallest absolute Gasteiger partial charge is 0.250 e. The molecule has 2 N–H and O–H groups in total. The van der Waals surface area contributed by atoms with E-state index in [-0.39, 0.29) is 4.21 Å². The first-order valence-corrected chi connectivity index (χ1v) is 8.63. The van der Waals surface area contributed by atoms with Gasteiger partial charge < -0.3 is 5.11 Å². The molecule has 1 aromatic heterocycles. The van der Waals surface area contributed by atoms with Gasteiger partial charge in [-0.1, -0.05) is 29.8 Å². The molecule has 0 aliphatic carbocycles. The average Bonchev–Trinajstić information content (AvgIpc) is 2.93. The summed E-state index contributed by atoms with van der Waals surface area (Å²) in [6.07, 6.45) is -0.943. The molecule has 2 rings (SSSR count). The molecule has 2 atom stereocenters. The third-order valence-corrected chi connectivity index (χ3v) is 5.99. The first-order chi connectivity index (χ1) is 9.40. The van der Waals surface area contributed by atoms with E-state index in [4.69, 9.17) is 11.6 Å². The quantitative estimate of drug-likeness (QED) is 0.885. The summed E-state index contributed by atoms with van der Waals surface area (Å²) < 4.78 is 26.8. The number of thiophene rings is 1. The van der Waals surface area contributed by atoms with E-state index in [0.717, 1.165) is 11.3 Å². The zero-order valence-electron chi connectivity index (χ0n) is 10.7. The second-order valence-corrected chi connectivity index (χ2v) is 7.66. The van der Waals surface area contributed by atoms with E-state index in [1.807, 2.05) is 0 Å². The van der Waals surface area contributed by atoms with Crippen molar-refractivity contribution in [2.45, 2.75) is 23.3 Å². The Kier molecular flexibility index (Phi) is 4.82. The number of nitrogens with one attached hydrogen (secondary N) is 1. The molecule has 0 saturated heterocycles. The molecule has 108 valence electrons. The normalized spacial score (nSPS) is 14.9. The summed E-state index contributed by atoms with van der Waals surface area (Å²) in [6.45, 7) is 1.62. The second kappa shape index (κ2) is 6.24. The van der Waals surface area contributed by atoms with Crippen LogP contribution in [-0.2, 0) is 10.0 Å². The van der Waals surface area contributed by atoms with Crippen LogP contribution in [0.4, 0.5) is 0 Å². The van der Waals surface area contributed by atoms with Crippen molar-refractivity contribution in [1.29, 1.82) is 0 Å². The minimum atomic E-state index is -3.59. The molecule has 0 aliphatic heterocycles. The van der Waals surface area contributed by atoms with Crippen LogP contribution in [0.5, 0.6) is 0 Å². The third kappa shape index (κ3) is 3.59. The molecule has 0 fully saturated rings. The van der Waals surface area contributed by atoms with Gasteiger partial charge in [-0.15, -0.1) is 11.3 Å². The predicted molar refractivity (Wildman–Crippen MR) is 80.5 cm³/mol. The van der Waals surface area contributed by atoms with Gasteiger partial charge in [0.25, 0.3) is 0 Å². The molecule has 2 unspecified atom stereocenters. The van der Waals surface area contributed by atoms with Crippen molar-refractivity contribution >= 4 is 33.0 Å². The maximum Gasteiger partial charge on any atom is 0.250 e. The molecule has 1 heterocycles. The minimum Gasteiger partial charge on any atom is -0.387 e. The Balaban J connectivity index is 2.12. The highest BCUT2D eigenvalue weighted by atomic mass is 35.5. The van der Waals surface area contributed by atoms with Crippen molar-refractivity contribution in [2.75, 3.05) is 0 Å². The highest BCUT2D eigenvalue weighted by molar-refractivity contribution is 7.91. The Labute approximate surface area is 127 Å². The Morgan fingerprint density at radius 3 is 2.45 bits per heavy atom. The Hall–Kier alpha value is -0.920. The number of hydrogen-bond acceptors (Lipinski definition) is 4. The summed E-state index contributed by atoms with van der Waals surface area (Å²) in [4.78, 5) is 0. The van der Waals surface area contributed by atoms with Crippen LogP contribution in [0.1, 0.15) is 18.6 Å². The highest BCUT2D eigenvalue weighted by Crippen LogP contribution is 2.22. The second-order valence-electron chi connectivity index (χ2n) is 4.34. The van der Waals surface area contributed by atoms with Crippen molar-refractivity contribution in [3.05, 3.63) is 52.4 Å². The molecule has 0 bridgehead atoms. The number of benzene rings is 1. The standard InChI is InChI=1S/C13H14ClNO3S2/c1-9(13(16)10-4-6-11(14)7-5-10)15-20(17,18)12-3-2-8-19-12/h2-9,13,15-16H,1H3. The van der Waals surface area contributed by atoms with E-state index in [2.05, 4.69) is 4.72 Å². The zero-order valence-corrected chi connectivity index (χ0v) is 13.0. The molecule has 2 aromatic rings. The minimum absolute atomic E-state index is 0.229. The number of halogens is 1. The first-order valence-electron chi connectivity index (χ1n) is 5.89. The largest absolute Gasteiger partial charge is 0.387 e. The van der Waals surface area contributed by atoms with Crippen LogP contribution in [0.2, 0.25) is 5.02 Å². The van der Waals surface area contributed by atoms with Crippen LogP contribution < -0.4 is 4.72 Å². The van der Waals surface area contributed by atoms with E-state index >= 15 is 0 Å². The summed E-state index contributed by atoms with van der Waals surface area (Å²) in [5.74, 6) is 0. The Morgan fingerprint density at radius 1 is 1.25 bits per heavy atom. The van der Waals surface area contributed by atoms with E-state index in [0.29, 0.717) is 10.6 Å². The number of aliphatic hydroxyl groups is 1. The SMILES string of the molecule is CC(NS(=O)(=O)c1cccs1)C(O)c1ccc(Cl)cc1. The van der Waals surface area contributed by atoms with Crippen molar-refractivity contribution in [3.8, 4) is 0 Å². The van der Waals surface area contributed by atoms with Gasteiger partial charge in [0.15, 0.2) is 0 Å². The highest BCUT2D eigenvalue weighted by Gasteiger charge is 2.23. The third-order valence-electron chi connectivity index (χ3n) is 2.79. The average molecular weight is 332 g/mol. The van der Waals surface area contributed by atoms with Gasteiger partial charge in [0.05, 0.1) is 6.10 Å². The van der Waals surface area contributed by atoms with E-state index in [1.54, 1.807) is 42.6 Å². The molecule has 1 aromatic carbocycles. The van der Waals surface area contributed by atoms with Gasteiger partial charge >= 0.3 is 0 Å². The fourth-order valence-corrected chi connectivity index (χ4v) is 4.12. The van der Waals surface area contributed by atoms with Crippen molar-refractivity contribution in [3.63, 3.8) is 0 Å². The van der Waals surface area contributed by atoms with Gasteiger partial charge in [0.1, 0.15) is 4.21 Å². The van der Waals surface area contributed by atoms with Gasteiger partial charge in [0.2, 0.25) is 10.0 Å². The van der Waals surface area contributed by atoms with Gasteiger partial charge in [-0.2, -0.15) is 0 Å². The van der Waals surface area contributed by atoms with E-state index in [9.17, 15) is 13.5 Å². The van der Waals surface area contributed by atoms with Gasteiger partial charge in [-0.25, -0.2) is 13.1 Å². The van der Waals surface area contributed by atoms with Crippen molar-refractivity contribution in [1.82, 2.24) is 4.72 Å². The van der Waals surface area contributed by atoms with E-state index < -0.39 is 22.2 Å². The van der Waals surface area contributed by atoms with Crippen LogP contribution in [0.15, 0.2) is 46.0 Å². The maximum absolute atomic E-state index is 12.1. The van der Waals surface area contributed by atoms with Crippen LogP contribution in [0.3, 0.4) is 0 Å². The van der Waals surface area contributed by atoms with Crippen LogP contribution in [-0.4, -0.2) is 19.6 Å². The van der Waals surface area contributed by atoms with Gasteiger partial charge in [-0.05, 0) is 36.1 Å². The number of hydrogen-bond donors (Lipinski definition) is 2. The maximum atomic E-state index is 12.1. The van der Waals surface area contributed by atoms with Gasteiger partial charge in [0, 0.05) is 11.1 Å². The van der Waals surface area contributed by atoms with Crippen LogP contribution in [0.25, 0.3) is 0 Å². The fraction of sp³-hybridized carbons (Fsp3) is 0.231. The summed E-state index contributed by atoms with van der Waals surface area (Å²) >= 11 is 6.91. The molecule has 7 heteroatoms. The van der Waals surface area contributed by atoms with Gasteiger partial charge in [-0.3, -0.25) is 0 Å².